The summed E-state index contributed by atoms with van der Waals surface area (Å²) in [4.78, 5) is 1.17. The summed E-state index contributed by atoms with van der Waals surface area (Å²) >= 11 is 1.47. The molecule has 0 spiro atoms. The van der Waals surface area contributed by atoms with E-state index < -0.39 is 0 Å². The number of nitriles is 1. The van der Waals surface area contributed by atoms with Gasteiger partial charge in [0.2, 0.25) is 0 Å². The van der Waals surface area contributed by atoms with Gasteiger partial charge in [-0.05, 0) is 11.1 Å². The van der Waals surface area contributed by atoms with E-state index in [0.717, 1.165) is 12.0 Å². The summed E-state index contributed by atoms with van der Waals surface area (Å²) in [5, 5.41) is 8.62. The average Bonchev–Trinajstić information content (AvgIpc) is 2.19. The molecule has 1 aromatic rings. The van der Waals surface area contributed by atoms with E-state index in [9.17, 15) is 0 Å². The zero-order chi connectivity index (χ0) is 9.10. The second-order valence-corrected chi connectivity index (χ2v) is 3.63. The van der Waals surface area contributed by atoms with Crippen LogP contribution in [0.4, 0.5) is 0 Å². The molecule has 3 heteroatoms. The van der Waals surface area contributed by atoms with Gasteiger partial charge < -0.3 is 0 Å². The van der Waals surface area contributed by atoms with E-state index in [1.807, 2.05) is 18.3 Å². The van der Waals surface area contributed by atoms with Crippen LogP contribution in [-0.2, 0) is 12.8 Å². The third-order valence-electron chi connectivity index (χ3n) is 1.98. The second-order valence-electron chi connectivity index (χ2n) is 2.82. The summed E-state index contributed by atoms with van der Waals surface area (Å²) in [6.45, 7) is 0. The van der Waals surface area contributed by atoms with Crippen molar-refractivity contribution < 1.29 is 0 Å². The predicted molar refractivity (Wildman–Crippen MR) is 53.8 cm³/mol. The van der Waals surface area contributed by atoms with E-state index in [0.29, 0.717) is 6.42 Å². The van der Waals surface area contributed by atoms with Crippen molar-refractivity contribution in [3.05, 3.63) is 29.3 Å². The number of rotatable bonds is 1. The summed E-state index contributed by atoms with van der Waals surface area (Å²) in [5.41, 5.74) is 2.38. The van der Waals surface area contributed by atoms with Gasteiger partial charge in [-0.15, -0.1) is 0 Å². The minimum Gasteiger partial charge on any atom is -0.223 e. The quantitative estimate of drug-likeness (QED) is 0.634. The first-order chi connectivity index (χ1) is 6.42. The molecule has 1 aliphatic heterocycles. The molecule has 64 valence electrons. The molecule has 0 atom stereocenters. The third-order valence-corrected chi connectivity index (χ3v) is 2.94. The fraction of sp³-hybridized carbons (Fsp3) is 0.200. The van der Waals surface area contributed by atoms with Crippen LogP contribution in [0.3, 0.4) is 0 Å². The molecular formula is C10H8N2S. The molecule has 0 aromatic heterocycles. The lowest BCUT2D eigenvalue weighted by atomic mass is 10.1. The average molecular weight is 188 g/mol. The van der Waals surface area contributed by atoms with Crippen LogP contribution >= 0.6 is 11.9 Å². The third kappa shape index (κ3) is 1.58. The lowest BCUT2D eigenvalue weighted by Crippen LogP contribution is -1.97. The van der Waals surface area contributed by atoms with Crippen LogP contribution in [0.15, 0.2) is 27.5 Å². The van der Waals surface area contributed by atoms with Gasteiger partial charge in [0.05, 0.1) is 12.5 Å². The van der Waals surface area contributed by atoms with E-state index in [1.54, 1.807) is 0 Å². The van der Waals surface area contributed by atoms with Crippen molar-refractivity contribution in [1.82, 2.24) is 0 Å². The van der Waals surface area contributed by atoms with Crippen LogP contribution < -0.4 is 0 Å². The highest BCUT2D eigenvalue weighted by molar-refractivity contribution is 7.98. The van der Waals surface area contributed by atoms with E-state index in [4.69, 9.17) is 5.26 Å². The summed E-state index contributed by atoms with van der Waals surface area (Å²) in [6.07, 6.45) is 3.27. The summed E-state index contributed by atoms with van der Waals surface area (Å²) in [5.74, 6) is 0. The molecule has 2 nitrogen and oxygen atoms in total. The Morgan fingerprint density at radius 2 is 2.46 bits per heavy atom. The van der Waals surface area contributed by atoms with Gasteiger partial charge >= 0.3 is 0 Å². The Hall–Kier alpha value is -1.27. The predicted octanol–water partition coefficient (Wildman–Crippen LogP) is 2.39. The van der Waals surface area contributed by atoms with Crippen LogP contribution in [0, 0.1) is 11.3 Å². The lowest BCUT2D eigenvalue weighted by molar-refractivity contribution is 1.11. The van der Waals surface area contributed by atoms with E-state index in [2.05, 4.69) is 16.5 Å². The van der Waals surface area contributed by atoms with Gasteiger partial charge in [0.15, 0.2) is 0 Å². The number of hydrogen-bond donors (Lipinski definition) is 0. The lowest BCUT2D eigenvalue weighted by Gasteiger charge is -2.11. The molecule has 0 unspecified atom stereocenters. The highest BCUT2D eigenvalue weighted by Crippen LogP contribution is 2.30. The summed E-state index contributed by atoms with van der Waals surface area (Å²) < 4.78 is 4.14. The molecular weight excluding hydrogens is 180 g/mol. The molecule has 13 heavy (non-hydrogen) atoms. The largest absolute Gasteiger partial charge is 0.223 e. The minimum absolute atomic E-state index is 0.478. The molecule has 1 heterocycles. The van der Waals surface area contributed by atoms with Crippen molar-refractivity contribution in [3.8, 4) is 6.07 Å². The second kappa shape index (κ2) is 3.63. The number of hydrogen-bond acceptors (Lipinski definition) is 3. The van der Waals surface area contributed by atoms with Gasteiger partial charge in [-0.1, -0.05) is 18.2 Å². The molecule has 0 aliphatic carbocycles. The van der Waals surface area contributed by atoms with Gasteiger partial charge in [-0.3, -0.25) is 0 Å². The molecule has 0 saturated heterocycles. The molecule has 0 saturated carbocycles. The minimum atomic E-state index is 0.478. The first-order valence-corrected chi connectivity index (χ1v) is 4.85. The Balaban J connectivity index is 2.44. The van der Waals surface area contributed by atoms with Gasteiger partial charge in [-0.25, -0.2) is 4.40 Å². The van der Waals surface area contributed by atoms with Crippen LogP contribution in [0.2, 0.25) is 0 Å². The smallest absolute Gasteiger partial charge is 0.0670 e. The van der Waals surface area contributed by atoms with E-state index in [1.165, 1.54) is 22.4 Å². The van der Waals surface area contributed by atoms with Crippen molar-refractivity contribution in [1.29, 1.82) is 5.26 Å². The molecule has 2 rings (SSSR count). The zero-order valence-electron chi connectivity index (χ0n) is 7.03. The number of fused-ring (bicyclic) bond motifs is 1. The summed E-state index contributed by atoms with van der Waals surface area (Å²) in [6, 6.07) is 8.26. The van der Waals surface area contributed by atoms with E-state index in [-0.39, 0.29) is 0 Å². The topological polar surface area (TPSA) is 36.1 Å². The Morgan fingerprint density at radius 3 is 3.31 bits per heavy atom. The first-order valence-electron chi connectivity index (χ1n) is 4.08. The fourth-order valence-electron chi connectivity index (χ4n) is 1.37. The Morgan fingerprint density at radius 1 is 1.54 bits per heavy atom. The fourth-order valence-corrected chi connectivity index (χ4v) is 2.15. The summed E-state index contributed by atoms with van der Waals surface area (Å²) in [7, 11) is 0. The van der Waals surface area contributed by atoms with Crippen molar-refractivity contribution >= 4 is 18.2 Å². The van der Waals surface area contributed by atoms with Crippen molar-refractivity contribution in [2.75, 3.05) is 0 Å². The molecule has 0 fully saturated rings. The maximum Gasteiger partial charge on any atom is 0.0670 e. The normalized spacial score (nSPS) is 13.5. The zero-order valence-corrected chi connectivity index (χ0v) is 7.84. The maximum absolute atomic E-state index is 8.62. The molecule has 1 aromatic carbocycles. The van der Waals surface area contributed by atoms with Crippen LogP contribution in [0.1, 0.15) is 11.1 Å². The maximum atomic E-state index is 8.62. The van der Waals surface area contributed by atoms with E-state index >= 15 is 0 Å². The molecule has 1 aliphatic rings. The van der Waals surface area contributed by atoms with Crippen LogP contribution in [0.25, 0.3) is 0 Å². The SMILES string of the molecule is N#CCc1cccc2c1SN=CC2. The van der Waals surface area contributed by atoms with Crippen LogP contribution in [0.5, 0.6) is 0 Å². The molecule has 0 radical (unpaired) electrons. The first kappa shape index (κ1) is 8.33. The molecule has 0 N–H and O–H groups in total. The Bertz CT molecular complexity index is 390. The monoisotopic (exact) mass is 188 g/mol. The van der Waals surface area contributed by atoms with Gasteiger partial charge in [0.25, 0.3) is 0 Å². The van der Waals surface area contributed by atoms with Crippen molar-refractivity contribution in [2.45, 2.75) is 17.7 Å². The highest BCUT2D eigenvalue weighted by Gasteiger charge is 2.10. The molecule has 0 amide bonds. The number of benzene rings is 1. The molecule has 0 bridgehead atoms. The van der Waals surface area contributed by atoms with Crippen molar-refractivity contribution in [2.24, 2.45) is 4.40 Å². The van der Waals surface area contributed by atoms with Gasteiger partial charge in [0.1, 0.15) is 0 Å². The van der Waals surface area contributed by atoms with Crippen molar-refractivity contribution in [3.63, 3.8) is 0 Å². The Kier molecular flexibility index (Phi) is 2.33. The standard InChI is InChI=1S/C10H8N2S/c11-6-4-8-2-1-3-9-5-7-12-13-10(8)9/h1-3,7H,4-5H2. The van der Waals surface area contributed by atoms with Gasteiger partial charge in [0, 0.05) is 29.5 Å². The highest BCUT2D eigenvalue weighted by atomic mass is 32.2. The Labute approximate surface area is 81.4 Å². The van der Waals surface area contributed by atoms with Crippen LogP contribution in [-0.4, -0.2) is 6.21 Å². The van der Waals surface area contributed by atoms with Gasteiger partial charge in [-0.2, -0.15) is 5.26 Å². The number of nitrogens with zero attached hydrogens (tertiary/aromatic N) is 2.